The summed E-state index contributed by atoms with van der Waals surface area (Å²) in [7, 11) is 1.37. The number of piperidine rings is 1. The van der Waals surface area contributed by atoms with E-state index < -0.39 is 22.3 Å². The van der Waals surface area contributed by atoms with Gasteiger partial charge in [-0.3, -0.25) is 4.79 Å². The minimum Gasteiger partial charge on any atom is -0.468 e. The molecule has 1 radical (unpaired) electrons. The van der Waals surface area contributed by atoms with Gasteiger partial charge in [-0.1, -0.05) is 13.8 Å². The molecule has 0 amide bonds. The van der Waals surface area contributed by atoms with E-state index in [4.69, 9.17) is 14.2 Å². The van der Waals surface area contributed by atoms with Crippen LogP contribution in [0.4, 0.5) is 0 Å². The van der Waals surface area contributed by atoms with E-state index in [2.05, 4.69) is 0 Å². The van der Waals surface area contributed by atoms with Crippen LogP contribution in [-0.4, -0.2) is 48.2 Å². The monoisotopic (exact) mass is 328 g/mol. The molecule has 2 heterocycles. The van der Waals surface area contributed by atoms with Gasteiger partial charge in [0.25, 0.3) is 0 Å². The first-order valence-electron chi connectivity index (χ1n) is 8.42. The summed E-state index contributed by atoms with van der Waals surface area (Å²) in [4.78, 5) is 11.9. The Morgan fingerprint density at radius 3 is 2.04 bits per heavy atom. The molecule has 0 saturated carbocycles. The minimum absolute atomic E-state index is 0.248. The van der Waals surface area contributed by atoms with E-state index >= 15 is 0 Å². The summed E-state index contributed by atoms with van der Waals surface area (Å²) in [6, 6.07) is 0. The molecular formula is C17H30NO5. The van der Waals surface area contributed by atoms with E-state index in [1.165, 1.54) is 12.2 Å². The molecule has 2 aliphatic heterocycles. The van der Waals surface area contributed by atoms with Crippen molar-refractivity contribution >= 4 is 5.97 Å². The van der Waals surface area contributed by atoms with Crippen LogP contribution in [0.5, 0.6) is 0 Å². The molecule has 0 bridgehead atoms. The average Bonchev–Trinajstić information content (AvgIpc) is 2.53. The van der Waals surface area contributed by atoms with Gasteiger partial charge in [-0.2, -0.15) is 0 Å². The molecule has 0 N–H and O–H groups in total. The fraction of sp³-hybridized carbons (Fsp3) is 0.941. The van der Waals surface area contributed by atoms with Crippen LogP contribution in [0.25, 0.3) is 0 Å². The third kappa shape index (κ3) is 3.02. The zero-order valence-corrected chi connectivity index (χ0v) is 15.2. The molecule has 6 heteroatoms. The predicted octanol–water partition coefficient (Wildman–Crippen LogP) is 2.69. The highest BCUT2D eigenvalue weighted by Gasteiger charge is 2.59. The number of methoxy groups -OCH3 is 1. The Morgan fingerprint density at radius 2 is 1.61 bits per heavy atom. The molecule has 0 aromatic carbocycles. The number of hydroxylamine groups is 2. The van der Waals surface area contributed by atoms with Crippen LogP contribution in [0.3, 0.4) is 0 Å². The van der Waals surface area contributed by atoms with E-state index in [-0.39, 0.29) is 19.2 Å². The van der Waals surface area contributed by atoms with E-state index in [0.717, 1.165) is 12.8 Å². The molecule has 2 fully saturated rings. The van der Waals surface area contributed by atoms with Crippen molar-refractivity contribution in [1.29, 1.82) is 0 Å². The van der Waals surface area contributed by atoms with Crippen molar-refractivity contribution in [1.82, 2.24) is 5.06 Å². The maximum atomic E-state index is 12.9. The lowest BCUT2D eigenvalue weighted by Gasteiger charge is -2.58. The summed E-state index contributed by atoms with van der Waals surface area (Å²) in [5.41, 5.74) is -1.87. The first-order valence-corrected chi connectivity index (χ1v) is 8.42. The molecule has 0 aliphatic carbocycles. The van der Waals surface area contributed by atoms with Crippen molar-refractivity contribution in [2.45, 2.75) is 77.2 Å². The van der Waals surface area contributed by atoms with Gasteiger partial charge >= 0.3 is 5.97 Å². The normalized spacial score (nSPS) is 36.8. The zero-order chi connectivity index (χ0) is 17.5. The molecule has 0 atom stereocenters. The van der Waals surface area contributed by atoms with Crippen molar-refractivity contribution in [2.75, 3.05) is 20.3 Å². The molecule has 23 heavy (non-hydrogen) atoms. The van der Waals surface area contributed by atoms with Crippen molar-refractivity contribution in [2.24, 2.45) is 5.41 Å². The van der Waals surface area contributed by atoms with Crippen molar-refractivity contribution < 1.29 is 24.2 Å². The summed E-state index contributed by atoms with van der Waals surface area (Å²) < 4.78 is 17.1. The number of esters is 1. The van der Waals surface area contributed by atoms with Crippen molar-refractivity contribution in [3.05, 3.63) is 0 Å². The lowest BCUT2D eigenvalue weighted by molar-refractivity contribution is -0.389. The smallest absolute Gasteiger partial charge is 0.316 e. The molecule has 133 valence electrons. The molecule has 0 unspecified atom stereocenters. The quantitative estimate of drug-likeness (QED) is 0.745. The Hall–Kier alpha value is -0.690. The third-order valence-corrected chi connectivity index (χ3v) is 5.58. The highest BCUT2D eigenvalue weighted by Crippen LogP contribution is 2.50. The van der Waals surface area contributed by atoms with Gasteiger partial charge in [0.2, 0.25) is 0 Å². The number of ether oxygens (including phenoxy) is 3. The molecule has 0 aromatic heterocycles. The predicted molar refractivity (Wildman–Crippen MR) is 83.9 cm³/mol. The summed E-state index contributed by atoms with van der Waals surface area (Å²) >= 11 is 0. The molecular weight excluding hydrogens is 298 g/mol. The van der Waals surface area contributed by atoms with E-state index in [1.54, 1.807) is 6.92 Å². The Bertz CT molecular complexity index is 450. The Balaban J connectivity index is 2.25. The van der Waals surface area contributed by atoms with Crippen LogP contribution < -0.4 is 0 Å². The number of nitrogens with zero attached hydrogens (tertiary/aromatic N) is 1. The summed E-state index contributed by atoms with van der Waals surface area (Å²) in [5, 5.41) is 14.1. The zero-order valence-electron chi connectivity index (χ0n) is 15.2. The average molecular weight is 328 g/mol. The second kappa shape index (κ2) is 5.99. The van der Waals surface area contributed by atoms with Gasteiger partial charge in [-0.15, -0.1) is 10.3 Å². The van der Waals surface area contributed by atoms with Gasteiger partial charge in [0.05, 0.1) is 25.9 Å². The van der Waals surface area contributed by atoms with Crippen LogP contribution in [0.15, 0.2) is 0 Å². The van der Waals surface area contributed by atoms with Gasteiger partial charge in [0.15, 0.2) is 5.79 Å². The number of carbonyl (C=O) groups excluding carboxylic acids is 1. The van der Waals surface area contributed by atoms with Crippen LogP contribution in [-0.2, 0) is 24.2 Å². The lowest BCUT2D eigenvalue weighted by Crippen LogP contribution is -2.68. The van der Waals surface area contributed by atoms with E-state index in [1.807, 2.05) is 27.7 Å². The molecule has 2 saturated heterocycles. The fourth-order valence-electron chi connectivity index (χ4n) is 4.03. The maximum Gasteiger partial charge on any atom is 0.316 e. The second-order valence-electron chi connectivity index (χ2n) is 7.93. The van der Waals surface area contributed by atoms with Gasteiger partial charge in [0.1, 0.15) is 5.41 Å². The van der Waals surface area contributed by atoms with E-state index in [0.29, 0.717) is 12.8 Å². The molecule has 2 rings (SSSR count). The SMILES string of the molecule is CCC1(CC)CC2(CC(C)(C)N1[O])OCC(C)(C(=O)OC)CO2. The number of hydrogen-bond acceptors (Lipinski definition) is 5. The summed E-state index contributed by atoms with van der Waals surface area (Å²) in [6.45, 7) is 10.2. The lowest BCUT2D eigenvalue weighted by atomic mass is 9.72. The van der Waals surface area contributed by atoms with Gasteiger partial charge in [-0.25, -0.2) is 0 Å². The van der Waals surface area contributed by atoms with Crippen molar-refractivity contribution in [3.8, 4) is 0 Å². The van der Waals surface area contributed by atoms with Gasteiger partial charge in [-0.05, 0) is 33.6 Å². The fourth-order valence-corrected chi connectivity index (χ4v) is 4.03. The summed E-state index contributed by atoms with van der Waals surface area (Å²) in [6.07, 6.45) is 2.48. The highest BCUT2D eigenvalue weighted by atomic mass is 16.7. The van der Waals surface area contributed by atoms with Crippen molar-refractivity contribution in [3.63, 3.8) is 0 Å². The molecule has 2 aliphatic rings. The van der Waals surface area contributed by atoms with Gasteiger partial charge in [0, 0.05) is 18.4 Å². The standard InChI is InChI=1S/C17H30NO5/c1-7-16(8-2)10-17(9-14(3,4)18(16)20)22-11-15(5,12-23-17)13(19)21-6/h7-12H2,1-6H3. The number of hydrogen-bond donors (Lipinski definition) is 0. The Kier molecular flexibility index (Phi) is 4.86. The summed E-state index contributed by atoms with van der Waals surface area (Å²) in [5.74, 6) is -1.13. The number of carbonyl (C=O) groups is 1. The topological polar surface area (TPSA) is 67.9 Å². The van der Waals surface area contributed by atoms with Crippen LogP contribution in [0, 0.1) is 5.41 Å². The Labute approximate surface area is 139 Å². The van der Waals surface area contributed by atoms with Crippen LogP contribution >= 0.6 is 0 Å². The largest absolute Gasteiger partial charge is 0.468 e. The van der Waals surface area contributed by atoms with E-state index in [9.17, 15) is 10.0 Å². The highest BCUT2D eigenvalue weighted by molar-refractivity contribution is 5.76. The third-order valence-electron chi connectivity index (χ3n) is 5.58. The first-order chi connectivity index (χ1) is 10.6. The molecule has 6 nitrogen and oxygen atoms in total. The Morgan fingerprint density at radius 1 is 1.09 bits per heavy atom. The molecule has 1 spiro atoms. The maximum absolute atomic E-state index is 12.9. The van der Waals surface area contributed by atoms with Crippen LogP contribution in [0.2, 0.25) is 0 Å². The minimum atomic E-state index is -0.802. The molecule has 0 aromatic rings. The van der Waals surface area contributed by atoms with Gasteiger partial charge < -0.3 is 14.2 Å². The second-order valence-corrected chi connectivity index (χ2v) is 7.93. The first kappa shape index (κ1) is 18.6. The van der Waals surface area contributed by atoms with Crippen LogP contribution in [0.1, 0.15) is 60.3 Å². The number of rotatable bonds is 3.